The lowest BCUT2D eigenvalue weighted by Gasteiger charge is -2.24. The monoisotopic (exact) mass is 122 g/mol. The largest absolute Gasteiger partial charge is 0.0499 e. The van der Waals surface area contributed by atoms with Crippen molar-refractivity contribution in [2.24, 2.45) is 11.8 Å². The van der Waals surface area contributed by atoms with Gasteiger partial charge in [0.25, 0.3) is 0 Å². The molecule has 0 spiro atoms. The zero-order chi connectivity index (χ0) is 6.10. The van der Waals surface area contributed by atoms with Gasteiger partial charge in [-0.25, -0.2) is 0 Å². The van der Waals surface area contributed by atoms with Gasteiger partial charge in [-0.2, -0.15) is 0 Å². The topological polar surface area (TPSA) is 0 Å². The molecule has 0 aliphatic heterocycles. The van der Waals surface area contributed by atoms with Crippen LogP contribution in [0.1, 0.15) is 32.1 Å². The Kier molecular flexibility index (Phi) is 1.48. The van der Waals surface area contributed by atoms with Crippen molar-refractivity contribution in [3.05, 3.63) is 12.8 Å². The van der Waals surface area contributed by atoms with Crippen LogP contribution in [0.2, 0.25) is 0 Å². The summed E-state index contributed by atoms with van der Waals surface area (Å²) in [6.07, 6.45) is 12.0. The maximum absolute atomic E-state index is 2.48. The Bertz CT molecular complexity index is 84.2. The highest BCUT2D eigenvalue weighted by molar-refractivity contribution is 4.94. The summed E-state index contributed by atoms with van der Waals surface area (Å²) in [5.41, 5.74) is 0. The normalized spacial score (nSPS) is 42.7. The molecule has 2 aliphatic carbocycles. The molecule has 0 N–H and O–H groups in total. The molecule has 0 bridgehead atoms. The van der Waals surface area contributed by atoms with Crippen LogP contribution in [-0.4, -0.2) is 0 Å². The molecule has 2 radical (unpaired) electrons. The molecule has 0 aromatic heterocycles. The molecule has 2 unspecified atom stereocenters. The third-order valence-corrected chi connectivity index (χ3v) is 2.82. The van der Waals surface area contributed by atoms with Crippen LogP contribution in [0.5, 0.6) is 0 Å². The van der Waals surface area contributed by atoms with E-state index in [9.17, 15) is 0 Å². The Morgan fingerprint density at radius 2 is 1.67 bits per heavy atom. The van der Waals surface area contributed by atoms with Gasteiger partial charge in [0.1, 0.15) is 0 Å². The summed E-state index contributed by atoms with van der Waals surface area (Å²) in [6, 6.07) is 0. The molecule has 50 valence electrons. The molecule has 0 heterocycles. The van der Waals surface area contributed by atoms with Crippen LogP contribution in [0.25, 0.3) is 0 Å². The lowest BCUT2D eigenvalue weighted by molar-refractivity contribution is 0.319. The van der Waals surface area contributed by atoms with Crippen LogP contribution < -0.4 is 0 Å². The van der Waals surface area contributed by atoms with E-state index in [1.807, 2.05) is 0 Å². The molecular formula is C9H14. The molecule has 2 saturated carbocycles. The van der Waals surface area contributed by atoms with Crippen LogP contribution in [0.15, 0.2) is 0 Å². The van der Waals surface area contributed by atoms with Gasteiger partial charge in [0, 0.05) is 0 Å². The Hall–Kier alpha value is 0. The summed E-state index contributed by atoms with van der Waals surface area (Å²) in [5, 5.41) is 0. The Labute approximate surface area is 57.6 Å². The summed E-state index contributed by atoms with van der Waals surface area (Å²) in [4.78, 5) is 0. The van der Waals surface area contributed by atoms with Crippen LogP contribution in [0.4, 0.5) is 0 Å². The minimum Gasteiger partial charge on any atom is -0.0499 e. The van der Waals surface area contributed by atoms with Gasteiger partial charge in [-0.1, -0.05) is 0 Å². The number of fused-ring (bicyclic) bond motifs is 1. The van der Waals surface area contributed by atoms with E-state index in [0.717, 1.165) is 11.8 Å². The second kappa shape index (κ2) is 2.32. The van der Waals surface area contributed by atoms with E-state index in [0.29, 0.717) is 0 Å². The zero-order valence-corrected chi connectivity index (χ0v) is 5.84. The summed E-state index contributed by atoms with van der Waals surface area (Å²) in [6.45, 7) is 0. The number of hydrogen-bond acceptors (Lipinski definition) is 0. The van der Waals surface area contributed by atoms with Gasteiger partial charge in [0.15, 0.2) is 0 Å². The van der Waals surface area contributed by atoms with Gasteiger partial charge >= 0.3 is 0 Å². The zero-order valence-electron chi connectivity index (χ0n) is 5.84. The lowest BCUT2D eigenvalue weighted by Crippen LogP contribution is -2.12. The van der Waals surface area contributed by atoms with E-state index < -0.39 is 0 Å². The molecule has 0 saturated heterocycles. The van der Waals surface area contributed by atoms with Crippen molar-refractivity contribution in [3.63, 3.8) is 0 Å². The van der Waals surface area contributed by atoms with E-state index in [1.165, 1.54) is 32.1 Å². The molecule has 9 heavy (non-hydrogen) atoms. The van der Waals surface area contributed by atoms with Crippen molar-refractivity contribution in [2.45, 2.75) is 32.1 Å². The van der Waals surface area contributed by atoms with Crippen molar-refractivity contribution >= 4 is 0 Å². The molecule has 2 rings (SSSR count). The summed E-state index contributed by atoms with van der Waals surface area (Å²) >= 11 is 0. The molecular weight excluding hydrogens is 108 g/mol. The highest BCUT2D eigenvalue weighted by atomic mass is 14.3. The molecule has 2 atom stereocenters. The average molecular weight is 122 g/mol. The van der Waals surface area contributed by atoms with E-state index in [-0.39, 0.29) is 0 Å². The van der Waals surface area contributed by atoms with E-state index in [1.54, 1.807) is 0 Å². The third kappa shape index (κ3) is 0.997. The second-order valence-electron chi connectivity index (χ2n) is 3.38. The maximum Gasteiger partial charge on any atom is -0.0380 e. The van der Waals surface area contributed by atoms with Crippen molar-refractivity contribution in [1.82, 2.24) is 0 Å². The third-order valence-electron chi connectivity index (χ3n) is 2.82. The van der Waals surface area contributed by atoms with E-state index in [4.69, 9.17) is 0 Å². The van der Waals surface area contributed by atoms with Gasteiger partial charge in [0.05, 0.1) is 0 Å². The highest BCUT2D eigenvalue weighted by Gasteiger charge is 2.29. The molecule has 2 aliphatic rings. The quantitative estimate of drug-likeness (QED) is 0.463. The first-order valence-electron chi connectivity index (χ1n) is 4.10. The number of hydrogen-bond donors (Lipinski definition) is 0. The van der Waals surface area contributed by atoms with Crippen LogP contribution in [0.3, 0.4) is 0 Å². The van der Waals surface area contributed by atoms with Gasteiger partial charge in [0.2, 0.25) is 0 Å². The van der Waals surface area contributed by atoms with Gasteiger partial charge in [-0.05, 0) is 56.8 Å². The highest BCUT2D eigenvalue weighted by Crippen LogP contribution is 2.40. The first-order chi connectivity index (χ1) is 4.47. The predicted octanol–water partition coefficient (Wildman–Crippen LogP) is 2.61. The number of rotatable bonds is 0. The second-order valence-corrected chi connectivity index (χ2v) is 3.38. The van der Waals surface area contributed by atoms with Crippen LogP contribution in [-0.2, 0) is 0 Å². The Balaban J connectivity index is 1.97. The summed E-state index contributed by atoms with van der Waals surface area (Å²) < 4.78 is 0. The van der Waals surface area contributed by atoms with Crippen molar-refractivity contribution in [3.8, 4) is 0 Å². The summed E-state index contributed by atoms with van der Waals surface area (Å²) in [7, 11) is 0. The van der Waals surface area contributed by atoms with Gasteiger partial charge in [-0.3, -0.25) is 0 Å². The predicted molar refractivity (Wildman–Crippen MR) is 38.7 cm³/mol. The van der Waals surface area contributed by atoms with Crippen molar-refractivity contribution in [2.75, 3.05) is 0 Å². The van der Waals surface area contributed by atoms with E-state index >= 15 is 0 Å². The molecule has 2 fully saturated rings. The first kappa shape index (κ1) is 5.76. The van der Waals surface area contributed by atoms with Gasteiger partial charge in [-0.15, -0.1) is 0 Å². The average Bonchev–Trinajstić information content (AvgIpc) is 2.33. The maximum atomic E-state index is 2.48. The summed E-state index contributed by atoms with van der Waals surface area (Å²) in [5.74, 6) is 2.13. The lowest BCUT2D eigenvalue weighted by atomic mass is 9.82. The van der Waals surface area contributed by atoms with Crippen LogP contribution >= 0.6 is 0 Å². The molecule has 0 aromatic rings. The fourth-order valence-electron chi connectivity index (χ4n) is 2.22. The fraction of sp³-hybridized carbons (Fsp3) is 0.778. The van der Waals surface area contributed by atoms with Crippen molar-refractivity contribution < 1.29 is 0 Å². The first-order valence-corrected chi connectivity index (χ1v) is 4.10. The SMILES string of the molecule is [CH]1CCC2C[CH]CC2C1. The Morgan fingerprint density at radius 3 is 2.56 bits per heavy atom. The minimum atomic E-state index is 1.05. The molecule has 0 aromatic carbocycles. The molecule has 0 heteroatoms. The van der Waals surface area contributed by atoms with Gasteiger partial charge < -0.3 is 0 Å². The standard InChI is InChI=1S/C9H14/c1-2-5-9-7-3-6-8(9)4-1/h1,3,8-9H,2,4-7H2. The molecule has 0 nitrogen and oxygen atoms in total. The minimum absolute atomic E-state index is 1.05. The Morgan fingerprint density at radius 1 is 0.889 bits per heavy atom. The van der Waals surface area contributed by atoms with Crippen molar-refractivity contribution in [1.29, 1.82) is 0 Å². The molecule has 0 amide bonds. The van der Waals surface area contributed by atoms with E-state index in [2.05, 4.69) is 12.8 Å². The van der Waals surface area contributed by atoms with Crippen LogP contribution in [0, 0.1) is 24.7 Å². The smallest absolute Gasteiger partial charge is 0.0380 e. The fourth-order valence-corrected chi connectivity index (χ4v) is 2.22.